The van der Waals surface area contributed by atoms with E-state index in [4.69, 9.17) is 27.9 Å². The van der Waals surface area contributed by atoms with Crippen molar-refractivity contribution < 1.29 is 19.4 Å². The maximum absolute atomic E-state index is 13.1. The third kappa shape index (κ3) is 6.30. The van der Waals surface area contributed by atoms with Gasteiger partial charge in [0.25, 0.3) is 11.8 Å². The Kier molecular flexibility index (Phi) is 7.93. The Balaban J connectivity index is 1.37. The van der Waals surface area contributed by atoms with Crippen molar-refractivity contribution in [2.24, 2.45) is 0 Å². The fourth-order valence-electron chi connectivity index (χ4n) is 5.00. The predicted molar refractivity (Wildman–Crippen MR) is 144 cm³/mol. The number of hydrogen-bond acceptors (Lipinski definition) is 6. The van der Waals surface area contributed by atoms with Gasteiger partial charge in [-0.2, -0.15) is 0 Å². The first kappa shape index (κ1) is 27.5. The normalized spacial score (nSPS) is 21.5. The molecule has 1 aromatic carbocycles. The van der Waals surface area contributed by atoms with Crippen LogP contribution in [0.4, 0.5) is 5.82 Å². The first-order valence-corrected chi connectivity index (χ1v) is 13.3. The van der Waals surface area contributed by atoms with Crippen LogP contribution in [0.2, 0.25) is 10.0 Å². The van der Waals surface area contributed by atoms with Gasteiger partial charge in [-0.15, -0.1) is 0 Å². The SMILES string of the molecule is CC(C)(CO)NC(=O)c1ccc(N2C3CCC2CC(NC(=O)C(C)(C)Oc2ccc(Cl)cc2Cl)C3)nc1. The van der Waals surface area contributed by atoms with Gasteiger partial charge >= 0.3 is 0 Å². The van der Waals surface area contributed by atoms with E-state index in [0.717, 1.165) is 31.5 Å². The molecular weight excluding hydrogens is 515 g/mol. The highest BCUT2D eigenvalue weighted by atomic mass is 35.5. The zero-order chi connectivity index (χ0) is 27.0. The largest absolute Gasteiger partial charge is 0.476 e. The summed E-state index contributed by atoms with van der Waals surface area (Å²) in [5, 5.41) is 16.2. The lowest BCUT2D eigenvalue weighted by atomic mass is 9.96. The number of amides is 2. The number of anilines is 1. The van der Waals surface area contributed by atoms with Crippen LogP contribution in [0.3, 0.4) is 0 Å². The van der Waals surface area contributed by atoms with Crippen LogP contribution in [0.15, 0.2) is 36.5 Å². The molecule has 3 heterocycles. The first-order chi connectivity index (χ1) is 17.4. The Morgan fingerprint density at radius 1 is 1.11 bits per heavy atom. The Bertz CT molecular complexity index is 1140. The van der Waals surface area contributed by atoms with Crippen LogP contribution in [-0.4, -0.2) is 57.8 Å². The van der Waals surface area contributed by atoms with Gasteiger partial charge in [0.1, 0.15) is 11.6 Å². The molecule has 0 radical (unpaired) electrons. The number of hydrogen-bond donors (Lipinski definition) is 3. The summed E-state index contributed by atoms with van der Waals surface area (Å²) in [5.74, 6) is 0.767. The number of carbonyl (C=O) groups excluding carboxylic acids is 2. The van der Waals surface area contributed by atoms with Crippen molar-refractivity contribution in [3.63, 3.8) is 0 Å². The van der Waals surface area contributed by atoms with Crippen molar-refractivity contribution in [1.29, 1.82) is 0 Å². The second-order valence-electron chi connectivity index (χ2n) is 11.0. The van der Waals surface area contributed by atoms with Crippen molar-refractivity contribution in [3.05, 3.63) is 52.1 Å². The van der Waals surface area contributed by atoms with Crippen molar-refractivity contribution in [2.45, 2.75) is 82.6 Å². The van der Waals surface area contributed by atoms with Crippen LogP contribution >= 0.6 is 23.2 Å². The number of piperidine rings is 1. The summed E-state index contributed by atoms with van der Waals surface area (Å²) >= 11 is 12.2. The quantitative estimate of drug-likeness (QED) is 0.452. The summed E-state index contributed by atoms with van der Waals surface area (Å²) in [7, 11) is 0. The molecule has 2 unspecified atom stereocenters. The zero-order valence-electron chi connectivity index (χ0n) is 21.6. The van der Waals surface area contributed by atoms with E-state index in [1.165, 1.54) is 0 Å². The van der Waals surface area contributed by atoms with E-state index in [1.807, 2.05) is 6.07 Å². The molecule has 10 heteroatoms. The number of aliphatic hydroxyl groups is 1. The fourth-order valence-corrected chi connectivity index (χ4v) is 5.45. The summed E-state index contributed by atoms with van der Waals surface area (Å²) in [6.07, 6.45) is 5.22. The second kappa shape index (κ2) is 10.7. The van der Waals surface area contributed by atoms with E-state index in [0.29, 0.717) is 21.4 Å². The number of benzene rings is 1. The third-order valence-electron chi connectivity index (χ3n) is 7.00. The Morgan fingerprint density at radius 3 is 2.35 bits per heavy atom. The number of pyridine rings is 1. The fraction of sp³-hybridized carbons (Fsp3) is 0.519. The standard InChI is InChI=1S/C27H34Cl2N4O4/c1-26(2,15-34)32-24(35)16-5-10-23(30-14-16)33-19-7-8-20(33)13-18(12-19)31-25(36)27(3,4)37-22-9-6-17(28)11-21(22)29/h5-6,9-11,14,18-20,34H,7-8,12-13,15H2,1-4H3,(H,31,36)(H,32,35). The number of carbonyl (C=O) groups is 2. The Morgan fingerprint density at radius 2 is 1.78 bits per heavy atom. The van der Waals surface area contributed by atoms with Gasteiger partial charge in [0, 0.05) is 29.3 Å². The molecule has 2 atom stereocenters. The molecule has 2 aliphatic rings. The number of aromatic nitrogens is 1. The number of aliphatic hydroxyl groups excluding tert-OH is 1. The molecule has 2 fully saturated rings. The Labute approximate surface area is 227 Å². The van der Waals surface area contributed by atoms with Gasteiger partial charge in [0.2, 0.25) is 0 Å². The highest BCUT2D eigenvalue weighted by molar-refractivity contribution is 6.35. The molecule has 2 saturated heterocycles. The van der Waals surface area contributed by atoms with Crippen molar-refractivity contribution in [1.82, 2.24) is 15.6 Å². The maximum atomic E-state index is 13.1. The van der Waals surface area contributed by atoms with Crippen LogP contribution in [-0.2, 0) is 4.79 Å². The van der Waals surface area contributed by atoms with Crippen LogP contribution in [0.5, 0.6) is 5.75 Å². The molecule has 1 aromatic heterocycles. The average Bonchev–Trinajstić information content (AvgIpc) is 3.10. The van der Waals surface area contributed by atoms with Gasteiger partial charge in [0.15, 0.2) is 5.60 Å². The molecule has 3 N–H and O–H groups in total. The molecular formula is C27H34Cl2N4O4. The molecule has 200 valence electrons. The van der Waals surface area contributed by atoms with Gasteiger partial charge in [-0.05, 0) is 83.7 Å². The van der Waals surface area contributed by atoms with Gasteiger partial charge in [-0.25, -0.2) is 4.98 Å². The predicted octanol–water partition coefficient (Wildman–Crippen LogP) is 4.36. The molecule has 0 aliphatic carbocycles. The number of nitrogens with one attached hydrogen (secondary N) is 2. The van der Waals surface area contributed by atoms with Crippen LogP contribution in [0.1, 0.15) is 63.7 Å². The van der Waals surface area contributed by atoms with Crippen molar-refractivity contribution >= 4 is 40.8 Å². The van der Waals surface area contributed by atoms with E-state index < -0.39 is 11.1 Å². The maximum Gasteiger partial charge on any atom is 0.263 e. The molecule has 8 nitrogen and oxygen atoms in total. The van der Waals surface area contributed by atoms with Crippen LogP contribution in [0, 0.1) is 0 Å². The van der Waals surface area contributed by atoms with Crippen LogP contribution in [0.25, 0.3) is 0 Å². The summed E-state index contributed by atoms with van der Waals surface area (Å²) in [4.78, 5) is 32.5. The molecule has 2 aliphatic heterocycles. The number of rotatable bonds is 8. The van der Waals surface area contributed by atoms with Gasteiger partial charge in [0.05, 0.1) is 22.7 Å². The third-order valence-corrected chi connectivity index (χ3v) is 7.53. The monoisotopic (exact) mass is 548 g/mol. The lowest BCUT2D eigenvalue weighted by molar-refractivity contribution is -0.135. The second-order valence-corrected chi connectivity index (χ2v) is 11.9. The molecule has 4 rings (SSSR count). The summed E-state index contributed by atoms with van der Waals surface area (Å²) in [6.45, 7) is 6.80. The minimum atomic E-state index is -1.11. The van der Waals surface area contributed by atoms with E-state index in [1.54, 1.807) is 58.2 Å². The van der Waals surface area contributed by atoms with E-state index in [2.05, 4.69) is 20.5 Å². The molecule has 2 aromatic rings. The van der Waals surface area contributed by atoms with Gasteiger partial charge in [-0.3, -0.25) is 9.59 Å². The van der Waals surface area contributed by atoms with Gasteiger partial charge < -0.3 is 25.4 Å². The highest BCUT2D eigenvalue weighted by Gasteiger charge is 2.43. The first-order valence-electron chi connectivity index (χ1n) is 12.5. The minimum absolute atomic E-state index is 0.0237. The molecule has 37 heavy (non-hydrogen) atoms. The van der Waals surface area contributed by atoms with E-state index >= 15 is 0 Å². The van der Waals surface area contributed by atoms with Gasteiger partial charge in [-0.1, -0.05) is 23.2 Å². The van der Waals surface area contributed by atoms with Crippen LogP contribution < -0.4 is 20.3 Å². The zero-order valence-corrected chi connectivity index (χ0v) is 23.1. The summed E-state index contributed by atoms with van der Waals surface area (Å²) in [5.41, 5.74) is -1.37. The summed E-state index contributed by atoms with van der Waals surface area (Å²) < 4.78 is 5.95. The van der Waals surface area contributed by atoms with Crippen molar-refractivity contribution in [3.8, 4) is 5.75 Å². The number of nitrogens with zero attached hydrogens (tertiary/aromatic N) is 2. The lowest BCUT2D eigenvalue weighted by Gasteiger charge is -2.41. The average molecular weight is 549 g/mol. The number of halogens is 2. The molecule has 0 saturated carbocycles. The number of fused-ring (bicyclic) bond motifs is 2. The Hall–Kier alpha value is -2.55. The van der Waals surface area contributed by atoms with E-state index in [-0.39, 0.29) is 36.5 Å². The summed E-state index contributed by atoms with van der Waals surface area (Å²) in [6, 6.07) is 9.08. The number of ether oxygens (including phenoxy) is 1. The lowest BCUT2D eigenvalue weighted by Crippen LogP contribution is -2.55. The molecule has 0 spiro atoms. The van der Waals surface area contributed by atoms with E-state index in [9.17, 15) is 14.7 Å². The van der Waals surface area contributed by atoms with Crippen molar-refractivity contribution in [2.75, 3.05) is 11.5 Å². The smallest absolute Gasteiger partial charge is 0.263 e. The minimum Gasteiger partial charge on any atom is -0.476 e. The topological polar surface area (TPSA) is 104 Å². The molecule has 2 bridgehead atoms. The molecule has 2 amide bonds. The highest BCUT2D eigenvalue weighted by Crippen LogP contribution is 2.39.